The molecular formula is C17H23N. The first-order valence-electron chi connectivity index (χ1n) is 6.78. The lowest BCUT2D eigenvalue weighted by Crippen LogP contribution is -2.37. The maximum absolute atomic E-state index is 5.79. The summed E-state index contributed by atoms with van der Waals surface area (Å²) in [6, 6.07) is 8.39. The fourth-order valence-electron chi connectivity index (χ4n) is 3.07. The van der Waals surface area contributed by atoms with Crippen LogP contribution in [-0.2, 0) is 5.41 Å². The summed E-state index contributed by atoms with van der Waals surface area (Å²) in [5, 5.41) is 0. The van der Waals surface area contributed by atoms with Crippen LogP contribution in [0.15, 0.2) is 48.1 Å². The third-order valence-corrected chi connectivity index (χ3v) is 3.95. The molecule has 1 aromatic rings. The summed E-state index contributed by atoms with van der Waals surface area (Å²) in [4.78, 5) is 0. The van der Waals surface area contributed by atoms with Gasteiger partial charge in [0.2, 0.25) is 0 Å². The van der Waals surface area contributed by atoms with Crippen molar-refractivity contribution in [2.45, 2.75) is 44.9 Å². The highest BCUT2D eigenvalue weighted by Gasteiger charge is 2.42. The van der Waals surface area contributed by atoms with Gasteiger partial charge in [-0.1, -0.05) is 36.3 Å². The van der Waals surface area contributed by atoms with E-state index in [4.69, 9.17) is 5.73 Å². The van der Waals surface area contributed by atoms with E-state index in [9.17, 15) is 0 Å². The second kappa shape index (κ2) is 5.01. The van der Waals surface area contributed by atoms with Gasteiger partial charge >= 0.3 is 0 Å². The van der Waals surface area contributed by atoms with Gasteiger partial charge in [-0.25, -0.2) is 0 Å². The van der Waals surface area contributed by atoms with E-state index in [0.29, 0.717) is 0 Å². The molecule has 0 spiro atoms. The number of benzene rings is 1. The van der Waals surface area contributed by atoms with Crippen LogP contribution in [0.1, 0.15) is 45.1 Å². The molecule has 1 fully saturated rings. The van der Waals surface area contributed by atoms with Crippen molar-refractivity contribution in [1.29, 1.82) is 0 Å². The van der Waals surface area contributed by atoms with Gasteiger partial charge in [0.15, 0.2) is 0 Å². The number of hydrogen-bond donors (Lipinski definition) is 1. The van der Waals surface area contributed by atoms with Crippen molar-refractivity contribution in [3.63, 3.8) is 0 Å². The number of anilines is 1. The topological polar surface area (TPSA) is 26.0 Å². The number of allylic oxidation sites excluding steroid dienone is 3. The van der Waals surface area contributed by atoms with Crippen LogP contribution in [0, 0.1) is 0 Å². The average Bonchev–Trinajstić information content (AvgIpc) is 2.32. The van der Waals surface area contributed by atoms with E-state index in [1.54, 1.807) is 5.57 Å². The number of hydrogen-bond acceptors (Lipinski definition) is 1. The van der Waals surface area contributed by atoms with Gasteiger partial charge in [-0.05, 0) is 50.3 Å². The summed E-state index contributed by atoms with van der Waals surface area (Å²) in [5.74, 6) is 0. The molecule has 0 unspecified atom stereocenters. The Morgan fingerprint density at radius 1 is 1.39 bits per heavy atom. The summed E-state index contributed by atoms with van der Waals surface area (Å²) in [6.07, 6.45) is 7.02. The van der Waals surface area contributed by atoms with E-state index in [1.807, 2.05) is 12.1 Å². The van der Waals surface area contributed by atoms with Crippen molar-refractivity contribution in [2.75, 3.05) is 5.73 Å². The van der Waals surface area contributed by atoms with Crippen LogP contribution in [0.5, 0.6) is 0 Å². The SMILES string of the molecule is C=C(C)C[C@]1(c2ccc(N)cc2)CC/C1=C/CC. The van der Waals surface area contributed by atoms with E-state index in [1.165, 1.54) is 24.0 Å². The second-order valence-electron chi connectivity index (χ2n) is 5.48. The quantitative estimate of drug-likeness (QED) is 0.605. The van der Waals surface area contributed by atoms with Crippen LogP contribution >= 0.6 is 0 Å². The average molecular weight is 241 g/mol. The van der Waals surface area contributed by atoms with Gasteiger partial charge in [0.25, 0.3) is 0 Å². The van der Waals surface area contributed by atoms with Crippen molar-refractivity contribution in [1.82, 2.24) is 0 Å². The van der Waals surface area contributed by atoms with Crippen LogP contribution in [-0.4, -0.2) is 0 Å². The monoisotopic (exact) mass is 241 g/mol. The highest BCUT2D eigenvalue weighted by molar-refractivity contribution is 5.48. The first kappa shape index (κ1) is 12.9. The molecule has 0 aromatic heterocycles. The van der Waals surface area contributed by atoms with Crippen molar-refractivity contribution in [2.24, 2.45) is 0 Å². The normalized spacial score (nSPS) is 24.9. The number of nitrogen functional groups attached to an aromatic ring is 1. The lowest BCUT2D eigenvalue weighted by molar-refractivity contribution is 0.354. The van der Waals surface area contributed by atoms with Gasteiger partial charge in [0.05, 0.1) is 0 Å². The summed E-state index contributed by atoms with van der Waals surface area (Å²) in [7, 11) is 0. The minimum Gasteiger partial charge on any atom is -0.399 e. The first-order chi connectivity index (χ1) is 8.58. The van der Waals surface area contributed by atoms with E-state index in [0.717, 1.165) is 18.5 Å². The van der Waals surface area contributed by atoms with Gasteiger partial charge in [-0.2, -0.15) is 0 Å². The molecule has 0 heterocycles. The molecule has 2 N–H and O–H groups in total. The molecule has 1 saturated carbocycles. The van der Waals surface area contributed by atoms with Gasteiger partial charge < -0.3 is 5.73 Å². The molecule has 1 aliphatic rings. The molecule has 0 amide bonds. The van der Waals surface area contributed by atoms with E-state index in [-0.39, 0.29) is 5.41 Å². The highest BCUT2D eigenvalue weighted by Crippen LogP contribution is 2.52. The molecule has 1 aliphatic carbocycles. The summed E-state index contributed by atoms with van der Waals surface area (Å²) in [5.41, 5.74) is 11.1. The molecular weight excluding hydrogens is 218 g/mol. The predicted octanol–water partition coefficient (Wildman–Crippen LogP) is 4.60. The Balaban J connectivity index is 2.40. The molecule has 0 radical (unpaired) electrons. The molecule has 1 aromatic carbocycles. The molecule has 1 nitrogen and oxygen atoms in total. The molecule has 0 bridgehead atoms. The number of nitrogens with two attached hydrogens (primary N) is 1. The minimum atomic E-state index is 0.204. The van der Waals surface area contributed by atoms with Gasteiger partial charge in [-0.15, -0.1) is 6.58 Å². The van der Waals surface area contributed by atoms with Crippen molar-refractivity contribution in [3.05, 3.63) is 53.6 Å². The molecule has 0 saturated heterocycles. The summed E-state index contributed by atoms with van der Waals surface area (Å²) in [6.45, 7) is 8.44. The molecule has 1 atom stereocenters. The summed E-state index contributed by atoms with van der Waals surface area (Å²) < 4.78 is 0. The Bertz CT molecular complexity index is 467. The fourth-order valence-corrected chi connectivity index (χ4v) is 3.07. The van der Waals surface area contributed by atoms with Crippen LogP contribution in [0.4, 0.5) is 5.69 Å². The Labute approximate surface area is 110 Å². The lowest BCUT2D eigenvalue weighted by Gasteiger charge is -2.46. The Hall–Kier alpha value is -1.50. The third kappa shape index (κ3) is 2.22. The van der Waals surface area contributed by atoms with Gasteiger partial charge in [-0.3, -0.25) is 0 Å². The standard InChI is InChI=1S/C17H23N/c1-4-5-14-10-11-17(14,12-13(2)3)15-6-8-16(18)9-7-15/h5-9H,2,4,10-12,18H2,1,3H3/b14-5-/t17-/m1/s1. The lowest BCUT2D eigenvalue weighted by atomic mass is 9.58. The first-order valence-corrected chi connectivity index (χ1v) is 6.78. The van der Waals surface area contributed by atoms with E-state index < -0.39 is 0 Å². The zero-order valence-electron chi connectivity index (χ0n) is 11.5. The van der Waals surface area contributed by atoms with E-state index >= 15 is 0 Å². The number of rotatable bonds is 4. The molecule has 1 heteroatoms. The molecule has 18 heavy (non-hydrogen) atoms. The van der Waals surface area contributed by atoms with Crippen LogP contribution in [0.2, 0.25) is 0 Å². The summed E-state index contributed by atoms with van der Waals surface area (Å²) >= 11 is 0. The van der Waals surface area contributed by atoms with Gasteiger partial charge in [0.1, 0.15) is 0 Å². The maximum atomic E-state index is 5.79. The van der Waals surface area contributed by atoms with E-state index in [2.05, 4.69) is 38.6 Å². The Morgan fingerprint density at radius 2 is 2.06 bits per heavy atom. The van der Waals surface area contributed by atoms with Crippen molar-refractivity contribution in [3.8, 4) is 0 Å². The van der Waals surface area contributed by atoms with Crippen molar-refractivity contribution < 1.29 is 0 Å². The predicted molar refractivity (Wildman–Crippen MR) is 79.6 cm³/mol. The Morgan fingerprint density at radius 3 is 2.50 bits per heavy atom. The second-order valence-corrected chi connectivity index (χ2v) is 5.48. The third-order valence-electron chi connectivity index (χ3n) is 3.95. The van der Waals surface area contributed by atoms with Crippen LogP contribution in [0.25, 0.3) is 0 Å². The zero-order chi connectivity index (χ0) is 13.2. The zero-order valence-corrected chi connectivity index (χ0v) is 11.5. The highest BCUT2D eigenvalue weighted by atomic mass is 14.5. The molecule has 96 valence electrons. The largest absolute Gasteiger partial charge is 0.399 e. The fraction of sp³-hybridized carbons (Fsp3) is 0.412. The molecule has 2 rings (SSSR count). The molecule has 0 aliphatic heterocycles. The smallest absolute Gasteiger partial charge is 0.0314 e. The van der Waals surface area contributed by atoms with Gasteiger partial charge in [0, 0.05) is 11.1 Å². The Kier molecular flexibility index (Phi) is 3.60. The minimum absolute atomic E-state index is 0.204. The van der Waals surface area contributed by atoms with Crippen LogP contribution < -0.4 is 5.73 Å². The van der Waals surface area contributed by atoms with Crippen LogP contribution in [0.3, 0.4) is 0 Å². The maximum Gasteiger partial charge on any atom is 0.0314 e. The van der Waals surface area contributed by atoms with Crippen molar-refractivity contribution >= 4 is 5.69 Å².